The third kappa shape index (κ3) is 2.61. The van der Waals surface area contributed by atoms with E-state index in [2.05, 4.69) is 0 Å². The molecule has 106 valence electrons. The number of aromatic carboxylic acids is 1. The topological polar surface area (TPSA) is 83.7 Å². The number of carboxylic acid groups (broad SMARTS) is 1. The molecule has 0 bridgehead atoms. The van der Waals surface area contributed by atoms with Crippen molar-refractivity contribution in [3.05, 3.63) is 45.3 Å². The van der Waals surface area contributed by atoms with Gasteiger partial charge in [0.15, 0.2) is 0 Å². The second-order valence-corrected chi connectivity index (χ2v) is 4.64. The van der Waals surface area contributed by atoms with Crippen LogP contribution in [0.5, 0.6) is 0 Å². The Morgan fingerprint density at radius 2 is 2.20 bits per heavy atom. The quantitative estimate of drug-likeness (QED) is 0.522. The number of hydrogen-bond donors (Lipinski definition) is 1. The van der Waals surface area contributed by atoms with Gasteiger partial charge < -0.3 is 10.0 Å². The van der Waals surface area contributed by atoms with Gasteiger partial charge in [-0.05, 0) is 13.3 Å². The third-order valence-corrected chi connectivity index (χ3v) is 3.16. The maximum Gasteiger partial charge on any atom is 0.338 e. The Kier molecular flexibility index (Phi) is 3.69. The molecule has 1 aromatic carbocycles. The van der Waals surface area contributed by atoms with Crippen LogP contribution in [0, 0.1) is 15.9 Å². The summed E-state index contributed by atoms with van der Waals surface area (Å²) in [6.07, 6.45) is 2.73. The minimum atomic E-state index is -1.52. The fourth-order valence-corrected chi connectivity index (χ4v) is 2.23. The molecule has 1 aliphatic rings. The highest BCUT2D eigenvalue weighted by atomic mass is 19.1. The first-order valence-electron chi connectivity index (χ1n) is 6.02. The van der Waals surface area contributed by atoms with Gasteiger partial charge in [0.1, 0.15) is 17.1 Å². The maximum absolute atomic E-state index is 13.8. The molecule has 2 rings (SSSR count). The van der Waals surface area contributed by atoms with Crippen LogP contribution in [0.1, 0.15) is 23.7 Å². The van der Waals surface area contributed by atoms with Gasteiger partial charge in [0.05, 0.1) is 4.92 Å². The molecule has 0 amide bonds. The Morgan fingerprint density at radius 3 is 2.75 bits per heavy atom. The van der Waals surface area contributed by atoms with Gasteiger partial charge >= 0.3 is 5.97 Å². The number of nitrogens with zero attached hydrogens (tertiary/aromatic N) is 2. The number of nitro benzene ring substituents is 1. The minimum Gasteiger partial charge on any atom is -0.478 e. The summed E-state index contributed by atoms with van der Waals surface area (Å²) in [6.45, 7) is 2.89. The van der Waals surface area contributed by atoms with E-state index >= 15 is 0 Å². The lowest BCUT2D eigenvalue weighted by molar-refractivity contribution is -0.384. The minimum absolute atomic E-state index is 0.116. The van der Waals surface area contributed by atoms with Crippen LogP contribution in [0.2, 0.25) is 0 Å². The lowest BCUT2D eigenvalue weighted by atomic mass is 10.1. The largest absolute Gasteiger partial charge is 0.478 e. The first kappa shape index (κ1) is 14.0. The van der Waals surface area contributed by atoms with Gasteiger partial charge in [0.2, 0.25) is 0 Å². The summed E-state index contributed by atoms with van der Waals surface area (Å²) in [5.41, 5.74) is 0.0708. The Hall–Kier alpha value is -2.44. The van der Waals surface area contributed by atoms with Crippen molar-refractivity contribution < 1.29 is 19.2 Å². The summed E-state index contributed by atoms with van der Waals surface area (Å²) in [6, 6.07) is 1.71. The zero-order chi connectivity index (χ0) is 14.9. The van der Waals surface area contributed by atoms with Gasteiger partial charge in [0, 0.05) is 25.2 Å². The number of halogens is 1. The van der Waals surface area contributed by atoms with E-state index in [1.807, 2.05) is 13.0 Å². The number of rotatable bonds is 3. The van der Waals surface area contributed by atoms with Crippen molar-refractivity contribution in [3.63, 3.8) is 0 Å². The van der Waals surface area contributed by atoms with Crippen LogP contribution < -0.4 is 4.90 Å². The number of anilines is 1. The van der Waals surface area contributed by atoms with Crippen LogP contribution in [-0.2, 0) is 0 Å². The Labute approximate surface area is 114 Å². The van der Waals surface area contributed by atoms with E-state index in [1.165, 1.54) is 0 Å². The molecule has 0 radical (unpaired) electrons. The van der Waals surface area contributed by atoms with E-state index in [0.29, 0.717) is 19.5 Å². The standard InChI is InChI=1S/C13H13FN2O4/c1-8-3-2-4-15(7-8)11-6-10(14)9(13(17)18)5-12(11)16(19)20/h3,5-6H,2,4,7H2,1H3,(H,17,18). The first-order chi connectivity index (χ1) is 9.40. The smallest absolute Gasteiger partial charge is 0.338 e. The molecule has 6 nitrogen and oxygen atoms in total. The van der Waals surface area contributed by atoms with Crippen molar-refractivity contribution in [2.75, 3.05) is 18.0 Å². The molecule has 1 heterocycles. The van der Waals surface area contributed by atoms with Crippen LogP contribution >= 0.6 is 0 Å². The number of hydrogen-bond acceptors (Lipinski definition) is 4. The van der Waals surface area contributed by atoms with Crippen LogP contribution in [0.25, 0.3) is 0 Å². The van der Waals surface area contributed by atoms with Crippen LogP contribution in [0.15, 0.2) is 23.8 Å². The van der Waals surface area contributed by atoms with Crippen molar-refractivity contribution in [1.82, 2.24) is 0 Å². The predicted molar refractivity (Wildman–Crippen MR) is 70.6 cm³/mol. The van der Waals surface area contributed by atoms with Crippen LogP contribution in [0.4, 0.5) is 15.8 Å². The van der Waals surface area contributed by atoms with Gasteiger partial charge in [0.25, 0.3) is 5.69 Å². The summed E-state index contributed by atoms with van der Waals surface area (Å²) >= 11 is 0. The zero-order valence-corrected chi connectivity index (χ0v) is 10.8. The van der Waals surface area contributed by atoms with Crippen LogP contribution in [0.3, 0.4) is 0 Å². The number of carboxylic acids is 1. The van der Waals surface area contributed by atoms with Crippen molar-refractivity contribution in [3.8, 4) is 0 Å². The van der Waals surface area contributed by atoms with Crippen molar-refractivity contribution >= 4 is 17.3 Å². The van der Waals surface area contributed by atoms with Gasteiger partial charge in [-0.2, -0.15) is 0 Å². The summed E-state index contributed by atoms with van der Waals surface area (Å²) in [5.74, 6) is -2.49. The SMILES string of the molecule is CC1=CCCN(c2cc(F)c(C(=O)O)cc2[N+](=O)[O-])C1. The predicted octanol–water partition coefficient (Wildman–Crippen LogP) is 2.59. The molecule has 7 heteroatoms. The molecule has 0 unspecified atom stereocenters. The van der Waals surface area contributed by atoms with E-state index in [1.54, 1.807) is 4.90 Å². The summed E-state index contributed by atoms with van der Waals surface area (Å²) in [4.78, 5) is 22.9. The average Bonchev–Trinajstić information content (AvgIpc) is 2.37. The first-order valence-corrected chi connectivity index (χ1v) is 6.02. The van der Waals surface area contributed by atoms with E-state index < -0.39 is 28.0 Å². The fraction of sp³-hybridized carbons (Fsp3) is 0.308. The van der Waals surface area contributed by atoms with E-state index in [0.717, 1.165) is 17.7 Å². The maximum atomic E-state index is 13.8. The molecule has 0 aliphatic carbocycles. The van der Waals surface area contributed by atoms with Crippen molar-refractivity contribution in [2.45, 2.75) is 13.3 Å². The molecule has 0 saturated carbocycles. The van der Waals surface area contributed by atoms with Gasteiger partial charge in [-0.15, -0.1) is 0 Å². The second kappa shape index (κ2) is 5.28. The number of carbonyl (C=O) groups is 1. The van der Waals surface area contributed by atoms with E-state index in [4.69, 9.17) is 5.11 Å². The highest BCUT2D eigenvalue weighted by Crippen LogP contribution is 2.32. The summed E-state index contributed by atoms with van der Waals surface area (Å²) in [7, 11) is 0. The molecule has 0 fully saturated rings. The molecule has 0 spiro atoms. The number of benzene rings is 1. The van der Waals surface area contributed by atoms with Gasteiger partial charge in [-0.1, -0.05) is 11.6 Å². The van der Waals surface area contributed by atoms with E-state index in [-0.39, 0.29) is 5.69 Å². The van der Waals surface area contributed by atoms with E-state index in [9.17, 15) is 19.3 Å². The molecule has 0 aromatic heterocycles. The van der Waals surface area contributed by atoms with Crippen molar-refractivity contribution in [2.24, 2.45) is 0 Å². The molecular formula is C13H13FN2O4. The van der Waals surface area contributed by atoms with Gasteiger partial charge in [-0.3, -0.25) is 10.1 Å². The second-order valence-electron chi connectivity index (χ2n) is 4.64. The molecule has 0 atom stereocenters. The Balaban J connectivity index is 2.52. The molecule has 20 heavy (non-hydrogen) atoms. The molecule has 1 aromatic rings. The highest BCUT2D eigenvalue weighted by Gasteiger charge is 2.26. The third-order valence-electron chi connectivity index (χ3n) is 3.16. The Bertz CT molecular complexity index is 613. The normalized spacial score (nSPS) is 14.9. The highest BCUT2D eigenvalue weighted by molar-refractivity contribution is 5.90. The van der Waals surface area contributed by atoms with Crippen LogP contribution in [-0.4, -0.2) is 29.1 Å². The fourth-order valence-electron chi connectivity index (χ4n) is 2.23. The Morgan fingerprint density at radius 1 is 1.50 bits per heavy atom. The molecule has 1 aliphatic heterocycles. The summed E-state index contributed by atoms with van der Waals surface area (Å²) < 4.78 is 13.8. The number of nitro groups is 1. The summed E-state index contributed by atoms with van der Waals surface area (Å²) in [5, 5.41) is 19.9. The van der Waals surface area contributed by atoms with Crippen molar-refractivity contribution in [1.29, 1.82) is 0 Å². The molecular weight excluding hydrogens is 267 g/mol. The monoisotopic (exact) mass is 280 g/mol. The van der Waals surface area contributed by atoms with Gasteiger partial charge in [-0.25, -0.2) is 9.18 Å². The lowest BCUT2D eigenvalue weighted by Crippen LogP contribution is -2.30. The molecule has 1 N–H and O–H groups in total. The molecule has 0 saturated heterocycles. The zero-order valence-electron chi connectivity index (χ0n) is 10.8. The average molecular weight is 280 g/mol. The lowest BCUT2D eigenvalue weighted by Gasteiger charge is -2.28.